The molecule has 0 fully saturated rings. The van der Waals surface area contributed by atoms with E-state index in [1.807, 2.05) is 61.9 Å². The van der Waals surface area contributed by atoms with Crippen molar-refractivity contribution in [2.75, 3.05) is 17.1 Å². The summed E-state index contributed by atoms with van der Waals surface area (Å²) in [6, 6.07) is 13.1. The van der Waals surface area contributed by atoms with Gasteiger partial charge in [0.25, 0.3) is 0 Å². The van der Waals surface area contributed by atoms with Gasteiger partial charge in [0, 0.05) is 24.6 Å². The van der Waals surface area contributed by atoms with E-state index in [0.717, 1.165) is 38.8 Å². The highest BCUT2D eigenvalue weighted by Gasteiger charge is 2.21. The Labute approximate surface area is 177 Å². The summed E-state index contributed by atoms with van der Waals surface area (Å²) in [6.07, 6.45) is 4.73. The number of amides is 1. The van der Waals surface area contributed by atoms with Gasteiger partial charge in [-0.25, -0.2) is 13.4 Å². The third kappa shape index (κ3) is 5.07. The van der Waals surface area contributed by atoms with Crippen LogP contribution < -0.4 is 9.62 Å². The Bertz CT molecular complexity index is 1150. The number of rotatable bonds is 7. The van der Waals surface area contributed by atoms with Crippen LogP contribution in [0.2, 0.25) is 0 Å². The molecule has 3 aromatic rings. The molecule has 0 saturated heterocycles. The molecule has 0 aliphatic rings. The van der Waals surface area contributed by atoms with Crippen LogP contribution in [-0.4, -0.2) is 36.7 Å². The molecule has 0 unspecified atom stereocenters. The number of nitrogens with one attached hydrogen (secondary N) is 1. The SMILES string of the molecule is Cc1ccc(N(CC(=O)NCc2ccc(-n3ccnc3C)cc2)S(C)(=O)=O)cc1C. The average molecular weight is 427 g/mol. The smallest absolute Gasteiger partial charge is 0.241 e. The van der Waals surface area contributed by atoms with E-state index < -0.39 is 10.0 Å². The van der Waals surface area contributed by atoms with Gasteiger partial charge in [-0.3, -0.25) is 9.10 Å². The molecule has 3 rings (SSSR count). The van der Waals surface area contributed by atoms with Crippen molar-refractivity contribution in [2.24, 2.45) is 0 Å². The van der Waals surface area contributed by atoms with Crippen molar-refractivity contribution >= 4 is 21.6 Å². The molecule has 0 radical (unpaired) electrons. The number of aryl methyl sites for hydroxylation is 3. The quantitative estimate of drug-likeness (QED) is 0.630. The van der Waals surface area contributed by atoms with E-state index in [9.17, 15) is 13.2 Å². The summed E-state index contributed by atoms with van der Waals surface area (Å²) < 4.78 is 27.6. The first-order valence-corrected chi connectivity index (χ1v) is 11.4. The Balaban J connectivity index is 1.66. The van der Waals surface area contributed by atoms with Gasteiger partial charge in [-0.15, -0.1) is 0 Å². The van der Waals surface area contributed by atoms with Crippen molar-refractivity contribution in [3.8, 4) is 5.69 Å². The van der Waals surface area contributed by atoms with E-state index in [0.29, 0.717) is 12.2 Å². The third-order valence-corrected chi connectivity index (χ3v) is 6.14. The van der Waals surface area contributed by atoms with Crippen LogP contribution in [0.1, 0.15) is 22.5 Å². The molecule has 0 bridgehead atoms. The number of anilines is 1. The Morgan fingerprint density at radius 2 is 1.77 bits per heavy atom. The number of carbonyl (C=O) groups excluding carboxylic acids is 1. The minimum atomic E-state index is -3.60. The van der Waals surface area contributed by atoms with Gasteiger partial charge in [-0.05, 0) is 61.7 Å². The van der Waals surface area contributed by atoms with Crippen LogP contribution >= 0.6 is 0 Å². The van der Waals surface area contributed by atoms with Crippen molar-refractivity contribution < 1.29 is 13.2 Å². The van der Waals surface area contributed by atoms with Gasteiger partial charge in [0.15, 0.2) is 0 Å². The van der Waals surface area contributed by atoms with Gasteiger partial charge in [0.2, 0.25) is 15.9 Å². The number of hydrogen-bond acceptors (Lipinski definition) is 4. The fraction of sp³-hybridized carbons (Fsp3) is 0.273. The highest BCUT2D eigenvalue weighted by molar-refractivity contribution is 7.92. The highest BCUT2D eigenvalue weighted by Crippen LogP contribution is 2.21. The first kappa shape index (κ1) is 21.6. The number of benzene rings is 2. The first-order chi connectivity index (χ1) is 14.1. The topological polar surface area (TPSA) is 84.3 Å². The molecule has 0 aliphatic carbocycles. The first-order valence-electron chi connectivity index (χ1n) is 9.56. The second-order valence-corrected chi connectivity index (χ2v) is 9.23. The van der Waals surface area contributed by atoms with Gasteiger partial charge in [0.05, 0.1) is 11.9 Å². The highest BCUT2D eigenvalue weighted by atomic mass is 32.2. The zero-order valence-corrected chi connectivity index (χ0v) is 18.4. The van der Waals surface area contributed by atoms with Crippen LogP contribution in [0.3, 0.4) is 0 Å². The molecule has 8 heteroatoms. The van der Waals surface area contributed by atoms with E-state index >= 15 is 0 Å². The third-order valence-electron chi connectivity index (χ3n) is 5.00. The van der Waals surface area contributed by atoms with Crippen LogP contribution in [0.25, 0.3) is 5.69 Å². The fourth-order valence-electron chi connectivity index (χ4n) is 3.09. The molecule has 1 heterocycles. The van der Waals surface area contributed by atoms with Crippen LogP contribution in [0.5, 0.6) is 0 Å². The summed E-state index contributed by atoms with van der Waals surface area (Å²) in [5.41, 5.74) is 4.41. The summed E-state index contributed by atoms with van der Waals surface area (Å²) in [4.78, 5) is 16.7. The van der Waals surface area contributed by atoms with Crippen LogP contribution in [-0.2, 0) is 21.4 Å². The number of aromatic nitrogens is 2. The lowest BCUT2D eigenvalue weighted by atomic mass is 10.1. The maximum absolute atomic E-state index is 12.5. The standard InChI is InChI=1S/C22H26N4O3S/c1-16-5-8-21(13-17(16)2)26(30(4,28)29)15-22(27)24-14-19-6-9-20(10-7-19)25-12-11-23-18(25)3/h5-13H,14-15H2,1-4H3,(H,24,27). The molecule has 30 heavy (non-hydrogen) atoms. The second-order valence-electron chi connectivity index (χ2n) is 7.33. The predicted molar refractivity (Wildman–Crippen MR) is 118 cm³/mol. The summed E-state index contributed by atoms with van der Waals surface area (Å²) in [5.74, 6) is 0.524. The van der Waals surface area contributed by atoms with E-state index in [1.54, 1.807) is 18.3 Å². The fourth-order valence-corrected chi connectivity index (χ4v) is 3.94. The lowest BCUT2D eigenvalue weighted by Gasteiger charge is -2.22. The number of nitrogens with zero attached hydrogens (tertiary/aromatic N) is 3. The zero-order valence-electron chi connectivity index (χ0n) is 17.6. The number of sulfonamides is 1. The largest absolute Gasteiger partial charge is 0.350 e. The number of hydrogen-bond donors (Lipinski definition) is 1. The molecule has 1 amide bonds. The Kier molecular flexibility index (Phi) is 6.26. The van der Waals surface area contributed by atoms with Crippen LogP contribution in [0.15, 0.2) is 54.9 Å². The van der Waals surface area contributed by atoms with Crippen molar-refractivity contribution in [2.45, 2.75) is 27.3 Å². The van der Waals surface area contributed by atoms with E-state index in [-0.39, 0.29) is 12.5 Å². The molecular formula is C22H26N4O3S. The maximum atomic E-state index is 12.5. The number of imidazole rings is 1. The van der Waals surface area contributed by atoms with Crippen molar-refractivity contribution in [1.82, 2.24) is 14.9 Å². The molecule has 7 nitrogen and oxygen atoms in total. The minimum absolute atomic E-state index is 0.270. The van der Waals surface area contributed by atoms with Crippen molar-refractivity contribution in [1.29, 1.82) is 0 Å². The normalized spacial score (nSPS) is 11.3. The van der Waals surface area contributed by atoms with E-state index in [1.165, 1.54) is 0 Å². The molecule has 0 saturated carbocycles. The lowest BCUT2D eigenvalue weighted by Crippen LogP contribution is -2.40. The summed E-state index contributed by atoms with van der Waals surface area (Å²) in [7, 11) is -3.60. The molecular weight excluding hydrogens is 400 g/mol. The van der Waals surface area contributed by atoms with Gasteiger partial charge < -0.3 is 9.88 Å². The molecule has 0 spiro atoms. The zero-order chi connectivity index (χ0) is 21.9. The lowest BCUT2D eigenvalue weighted by molar-refractivity contribution is -0.119. The molecule has 0 atom stereocenters. The van der Waals surface area contributed by atoms with E-state index in [4.69, 9.17) is 0 Å². The van der Waals surface area contributed by atoms with Gasteiger partial charge >= 0.3 is 0 Å². The van der Waals surface area contributed by atoms with Crippen LogP contribution in [0, 0.1) is 20.8 Å². The Morgan fingerprint density at radius 1 is 1.07 bits per heavy atom. The maximum Gasteiger partial charge on any atom is 0.241 e. The van der Waals surface area contributed by atoms with Gasteiger partial charge in [-0.2, -0.15) is 0 Å². The Hall–Kier alpha value is -3.13. The summed E-state index contributed by atoms with van der Waals surface area (Å²) in [5, 5.41) is 2.80. The molecule has 1 N–H and O–H groups in total. The van der Waals surface area contributed by atoms with E-state index in [2.05, 4.69) is 10.3 Å². The van der Waals surface area contributed by atoms with Crippen molar-refractivity contribution in [3.05, 3.63) is 77.4 Å². The average Bonchev–Trinajstić information content (AvgIpc) is 3.12. The predicted octanol–water partition coefficient (Wildman–Crippen LogP) is 2.88. The minimum Gasteiger partial charge on any atom is -0.350 e. The number of carbonyl (C=O) groups is 1. The summed E-state index contributed by atoms with van der Waals surface area (Å²) >= 11 is 0. The Morgan fingerprint density at radius 3 is 2.33 bits per heavy atom. The van der Waals surface area contributed by atoms with Crippen molar-refractivity contribution in [3.63, 3.8) is 0 Å². The van der Waals surface area contributed by atoms with Gasteiger partial charge in [0.1, 0.15) is 12.4 Å². The van der Waals surface area contributed by atoms with Crippen LogP contribution in [0.4, 0.5) is 5.69 Å². The molecule has 1 aromatic heterocycles. The van der Waals surface area contributed by atoms with Gasteiger partial charge in [-0.1, -0.05) is 18.2 Å². The molecule has 0 aliphatic heterocycles. The molecule has 158 valence electrons. The molecule has 2 aromatic carbocycles. The second kappa shape index (κ2) is 8.71. The summed E-state index contributed by atoms with van der Waals surface area (Å²) in [6.45, 7) is 5.84. The monoisotopic (exact) mass is 426 g/mol.